The van der Waals surface area contributed by atoms with Crippen LogP contribution >= 0.6 is 23.5 Å². The number of ketones is 2. The largest absolute Gasteiger partial charge is 0.308 e. The van der Waals surface area contributed by atoms with Crippen LogP contribution in [0.1, 0.15) is 20.8 Å². The van der Waals surface area contributed by atoms with Gasteiger partial charge >= 0.3 is 0 Å². The summed E-state index contributed by atoms with van der Waals surface area (Å²) in [7, 11) is 1.81. The summed E-state index contributed by atoms with van der Waals surface area (Å²) in [5, 5.41) is 6.31. The van der Waals surface area contributed by atoms with Crippen molar-refractivity contribution in [3.8, 4) is 0 Å². The first-order valence-corrected chi connectivity index (χ1v) is 9.44. The van der Waals surface area contributed by atoms with Crippen LogP contribution in [0.2, 0.25) is 0 Å². The van der Waals surface area contributed by atoms with E-state index in [1.54, 1.807) is 30.4 Å². The Morgan fingerprint density at radius 3 is 2.33 bits per heavy atom. The molecule has 1 aliphatic heterocycles. The van der Waals surface area contributed by atoms with E-state index in [-0.39, 0.29) is 18.1 Å². The summed E-state index contributed by atoms with van der Waals surface area (Å²) in [5.41, 5.74) is -1.21. The molecule has 1 rings (SSSR count). The van der Waals surface area contributed by atoms with E-state index in [1.807, 2.05) is 20.9 Å². The maximum absolute atomic E-state index is 12.5. The Kier molecular flexibility index (Phi) is 7.47. The van der Waals surface area contributed by atoms with Crippen LogP contribution < -0.4 is 10.6 Å². The number of hydrogen-bond donors (Lipinski definition) is 2. The van der Waals surface area contributed by atoms with E-state index < -0.39 is 11.1 Å². The highest BCUT2D eigenvalue weighted by Crippen LogP contribution is 2.18. The fourth-order valence-electron chi connectivity index (χ4n) is 1.84. The Bertz CT molecular complexity index is 414. The molecule has 0 bridgehead atoms. The third-order valence-corrected chi connectivity index (χ3v) is 6.38. The second-order valence-corrected chi connectivity index (χ2v) is 7.81. The molecule has 0 spiro atoms. The molecular weight excluding hydrogens is 304 g/mol. The standard InChI is InChI=1S/C15H26N2O2S2/c1-12(18)14(2)10-20-7-5-6-8-21-11-15(3,16-4)13(19)9-17-14/h5-6,16-17H,7-11H2,1-4H3/b6-5-/t14-,15-/m0/s1. The molecule has 21 heavy (non-hydrogen) atoms. The van der Waals surface area contributed by atoms with Gasteiger partial charge in [-0.15, -0.1) is 0 Å². The molecule has 0 saturated heterocycles. The van der Waals surface area contributed by atoms with Gasteiger partial charge in [0, 0.05) is 23.0 Å². The molecule has 2 N–H and O–H groups in total. The number of hydrogen-bond acceptors (Lipinski definition) is 6. The first kappa shape index (κ1) is 18.7. The van der Waals surface area contributed by atoms with E-state index in [0.717, 1.165) is 17.3 Å². The topological polar surface area (TPSA) is 58.2 Å². The molecule has 120 valence electrons. The number of carbonyl (C=O) groups excluding carboxylic acids is 2. The summed E-state index contributed by atoms with van der Waals surface area (Å²) in [4.78, 5) is 24.4. The first-order valence-electron chi connectivity index (χ1n) is 7.13. The number of thioether (sulfide) groups is 2. The summed E-state index contributed by atoms with van der Waals surface area (Å²) in [6, 6.07) is 0. The molecule has 0 saturated carbocycles. The SMILES string of the molecule is CN[C@@]1(C)CSC/C=C\CSC[C@@](C)(C(C)=O)NCC1=O. The summed E-state index contributed by atoms with van der Waals surface area (Å²) in [6.45, 7) is 5.60. The predicted molar refractivity (Wildman–Crippen MR) is 93.4 cm³/mol. The lowest BCUT2D eigenvalue weighted by atomic mass is 9.96. The molecule has 0 aromatic heterocycles. The van der Waals surface area contributed by atoms with Crippen LogP contribution in [-0.4, -0.2) is 59.2 Å². The number of rotatable bonds is 2. The van der Waals surface area contributed by atoms with E-state index in [4.69, 9.17) is 0 Å². The third-order valence-electron chi connectivity index (χ3n) is 3.96. The zero-order valence-corrected chi connectivity index (χ0v) is 15.0. The molecule has 1 aliphatic rings. The molecule has 0 aliphatic carbocycles. The second-order valence-electron chi connectivity index (χ2n) is 5.75. The Hall–Kier alpha value is -0.300. The Morgan fingerprint density at radius 1 is 1.24 bits per heavy atom. The highest BCUT2D eigenvalue weighted by Gasteiger charge is 2.35. The lowest BCUT2D eigenvalue weighted by Gasteiger charge is -2.31. The third kappa shape index (κ3) is 5.43. The van der Waals surface area contributed by atoms with Crippen LogP contribution in [0.15, 0.2) is 12.2 Å². The number of carbonyl (C=O) groups is 2. The molecule has 0 radical (unpaired) electrons. The van der Waals surface area contributed by atoms with Crippen molar-refractivity contribution in [2.45, 2.75) is 31.8 Å². The van der Waals surface area contributed by atoms with Gasteiger partial charge in [0.1, 0.15) is 5.78 Å². The average molecular weight is 331 g/mol. The van der Waals surface area contributed by atoms with E-state index in [2.05, 4.69) is 22.8 Å². The van der Waals surface area contributed by atoms with Gasteiger partial charge in [0.15, 0.2) is 5.78 Å². The quantitative estimate of drug-likeness (QED) is 0.749. The monoisotopic (exact) mass is 330 g/mol. The van der Waals surface area contributed by atoms with Crippen LogP contribution in [0.4, 0.5) is 0 Å². The normalized spacial score (nSPS) is 34.4. The highest BCUT2D eigenvalue weighted by molar-refractivity contribution is 7.99. The number of nitrogens with one attached hydrogen (secondary N) is 2. The summed E-state index contributed by atoms with van der Waals surface area (Å²) in [6.07, 6.45) is 4.27. The van der Waals surface area contributed by atoms with Gasteiger partial charge in [-0.05, 0) is 27.8 Å². The molecule has 6 heteroatoms. The minimum absolute atomic E-state index is 0.0715. The molecular formula is C15H26N2O2S2. The number of likely N-dealkylation sites (N-methyl/N-ethyl adjacent to an activating group) is 1. The molecule has 0 fully saturated rings. The zero-order valence-electron chi connectivity index (χ0n) is 13.3. The van der Waals surface area contributed by atoms with Gasteiger partial charge < -0.3 is 5.32 Å². The van der Waals surface area contributed by atoms with E-state index in [9.17, 15) is 9.59 Å². The maximum Gasteiger partial charge on any atom is 0.167 e. The first-order chi connectivity index (χ1) is 9.84. The fraction of sp³-hybridized carbons (Fsp3) is 0.733. The van der Waals surface area contributed by atoms with Gasteiger partial charge in [0.2, 0.25) is 0 Å². The highest BCUT2D eigenvalue weighted by atomic mass is 32.2. The van der Waals surface area contributed by atoms with E-state index in [0.29, 0.717) is 5.75 Å². The van der Waals surface area contributed by atoms with Crippen LogP contribution in [0.5, 0.6) is 0 Å². The van der Waals surface area contributed by atoms with Crippen molar-refractivity contribution in [3.63, 3.8) is 0 Å². The van der Waals surface area contributed by atoms with E-state index >= 15 is 0 Å². The minimum atomic E-state index is -0.649. The van der Waals surface area contributed by atoms with Crippen molar-refractivity contribution < 1.29 is 9.59 Å². The number of Topliss-reactive ketones (excluding diaryl/α,β-unsaturated/α-hetero) is 2. The van der Waals surface area contributed by atoms with Gasteiger partial charge in [-0.25, -0.2) is 0 Å². The minimum Gasteiger partial charge on any atom is -0.308 e. The van der Waals surface area contributed by atoms with Crippen molar-refractivity contribution in [1.29, 1.82) is 0 Å². The van der Waals surface area contributed by atoms with Crippen LogP contribution in [-0.2, 0) is 9.59 Å². The maximum atomic E-state index is 12.5. The zero-order chi connectivity index (χ0) is 15.9. The van der Waals surface area contributed by atoms with Gasteiger partial charge in [-0.2, -0.15) is 23.5 Å². The summed E-state index contributed by atoms with van der Waals surface area (Å²) in [5.74, 6) is 3.35. The lowest BCUT2D eigenvalue weighted by molar-refractivity contribution is -0.125. The van der Waals surface area contributed by atoms with Gasteiger partial charge in [0.05, 0.1) is 17.6 Å². The van der Waals surface area contributed by atoms with Gasteiger partial charge in [-0.3, -0.25) is 14.9 Å². The van der Waals surface area contributed by atoms with E-state index in [1.165, 1.54) is 0 Å². The molecule has 0 aromatic rings. The van der Waals surface area contributed by atoms with Crippen LogP contribution in [0.25, 0.3) is 0 Å². The smallest absolute Gasteiger partial charge is 0.167 e. The van der Waals surface area contributed by atoms with Crippen LogP contribution in [0, 0.1) is 0 Å². The molecule has 0 amide bonds. The lowest BCUT2D eigenvalue weighted by Crippen LogP contribution is -2.58. The predicted octanol–water partition coefficient (Wildman–Crippen LogP) is 1.51. The van der Waals surface area contributed by atoms with Gasteiger partial charge in [-0.1, -0.05) is 12.2 Å². The van der Waals surface area contributed by atoms with Crippen LogP contribution in [0.3, 0.4) is 0 Å². The molecule has 4 nitrogen and oxygen atoms in total. The van der Waals surface area contributed by atoms with Crippen molar-refractivity contribution in [1.82, 2.24) is 10.6 Å². The second kappa shape index (κ2) is 8.36. The Balaban J connectivity index is 2.88. The summed E-state index contributed by atoms with van der Waals surface area (Å²) >= 11 is 3.45. The molecule has 1 heterocycles. The Labute approximate surface area is 136 Å². The molecule has 0 unspecified atom stereocenters. The summed E-state index contributed by atoms with van der Waals surface area (Å²) < 4.78 is 0. The van der Waals surface area contributed by atoms with Crippen molar-refractivity contribution in [2.24, 2.45) is 0 Å². The Morgan fingerprint density at radius 2 is 1.81 bits per heavy atom. The fourth-order valence-corrected chi connectivity index (χ4v) is 4.05. The van der Waals surface area contributed by atoms with Gasteiger partial charge in [0.25, 0.3) is 0 Å². The van der Waals surface area contributed by atoms with Crippen molar-refractivity contribution in [3.05, 3.63) is 12.2 Å². The van der Waals surface area contributed by atoms with Crippen molar-refractivity contribution in [2.75, 3.05) is 36.6 Å². The molecule has 0 aromatic carbocycles. The molecule has 2 atom stereocenters. The van der Waals surface area contributed by atoms with Crippen molar-refractivity contribution >= 4 is 35.1 Å². The average Bonchev–Trinajstić information content (AvgIpc) is 2.47.